The van der Waals surface area contributed by atoms with Crippen molar-refractivity contribution in [3.05, 3.63) is 83.9 Å². The Hall–Kier alpha value is -3.40. The zero-order chi connectivity index (χ0) is 18.5. The van der Waals surface area contributed by atoms with Crippen LogP contribution in [0.4, 0.5) is 0 Å². The number of rotatable bonds is 5. The fourth-order valence-electron chi connectivity index (χ4n) is 2.51. The smallest absolute Gasteiger partial charge is 0.343 e. The first kappa shape index (κ1) is 17.4. The Morgan fingerprint density at radius 1 is 0.654 bits per heavy atom. The third-order valence-electron chi connectivity index (χ3n) is 4.02. The molecule has 0 heterocycles. The summed E-state index contributed by atoms with van der Waals surface area (Å²) in [5.41, 5.74) is 3.02. The lowest BCUT2D eigenvalue weighted by molar-refractivity contribution is 0.0734. The summed E-state index contributed by atoms with van der Waals surface area (Å²) in [7, 11) is 1.63. The van der Waals surface area contributed by atoms with E-state index in [9.17, 15) is 9.59 Å². The van der Waals surface area contributed by atoms with Gasteiger partial charge in [0.2, 0.25) is 0 Å². The van der Waals surface area contributed by atoms with E-state index in [1.807, 2.05) is 36.4 Å². The van der Waals surface area contributed by atoms with Gasteiger partial charge in [-0.2, -0.15) is 0 Å². The van der Waals surface area contributed by atoms with Crippen molar-refractivity contribution in [1.29, 1.82) is 0 Å². The van der Waals surface area contributed by atoms with Gasteiger partial charge in [0.15, 0.2) is 5.78 Å². The molecule has 3 rings (SSSR count). The molecule has 0 aliphatic carbocycles. The second-order valence-electron chi connectivity index (χ2n) is 5.78. The number of hydrogen-bond donors (Lipinski definition) is 0. The maximum Gasteiger partial charge on any atom is 0.343 e. The van der Waals surface area contributed by atoms with E-state index in [-0.39, 0.29) is 5.78 Å². The highest BCUT2D eigenvalue weighted by atomic mass is 16.5. The Bertz CT molecular complexity index is 908. The fourth-order valence-corrected chi connectivity index (χ4v) is 2.51. The summed E-state index contributed by atoms with van der Waals surface area (Å²) in [4.78, 5) is 23.5. The Morgan fingerprint density at radius 2 is 1.12 bits per heavy atom. The van der Waals surface area contributed by atoms with Crippen molar-refractivity contribution in [1.82, 2.24) is 0 Å². The van der Waals surface area contributed by atoms with Gasteiger partial charge in [0.25, 0.3) is 0 Å². The second kappa shape index (κ2) is 7.66. The first-order valence-corrected chi connectivity index (χ1v) is 8.14. The first-order chi connectivity index (χ1) is 12.6. The maximum absolute atomic E-state index is 12.2. The highest BCUT2D eigenvalue weighted by Gasteiger charge is 2.10. The van der Waals surface area contributed by atoms with E-state index in [1.54, 1.807) is 43.5 Å². The molecule has 4 heteroatoms. The fraction of sp³-hybridized carbons (Fsp3) is 0.0909. The van der Waals surface area contributed by atoms with Gasteiger partial charge in [0, 0.05) is 5.56 Å². The maximum atomic E-state index is 12.2. The lowest BCUT2D eigenvalue weighted by atomic mass is 10.1. The minimum atomic E-state index is -0.461. The Kier molecular flexibility index (Phi) is 5.13. The topological polar surface area (TPSA) is 52.6 Å². The molecule has 0 aliphatic rings. The molecule has 0 saturated carbocycles. The number of carbonyl (C=O) groups is 2. The van der Waals surface area contributed by atoms with Gasteiger partial charge >= 0.3 is 5.97 Å². The first-order valence-electron chi connectivity index (χ1n) is 8.14. The summed E-state index contributed by atoms with van der Waals surface area (Å²) >= 11 is 0. The molecule has 0 aromatic heterocycles. The van der Waals surface area contributed by atoms with Crippen molar-refractivity contribution in [2.45, 2.75) is 6.92 Å². The van der Waals surface area contributed by atoms with Crippen LogP contribution in [-0.4, -0.2) is 18.9 Å². The zero-order valence-electron chi connectivity index (χ0n) is 14.6. The summed E-state index contributed by atoms with van der Waals surface area (Å²) in [5, 5.41) is 0. The van der Waals surface area contributed by atoms with Gasteiger partial charge in [-0.25, -0.2) is 4.79 Å². The van der Waals surface area contributed by atoms with Crippen molar-refractivity contribution in [2.75, 3.05) is 7.11 Å². The van der Waals surface area contributed by atoms with E-state index >= 15 is 0 Å². The third-order valence-corrected chi connectivity index (χ3v) is 4.02. The normalized spacial score (nSPS) is 10.2. The standard InChI is InChI=1S/C22H18O4/c1-15(23)16-3-5-19(6-4-16)22(24)26-21-13-9-18(10-14-21)17-7-11-20(25-2)12-8-17/h3-14H,1-2H3. The molecule has 130 valence electrons. The van der Waals surface area contributed by atoms with Crippen LogP contribution in [0.3, 0.4) is 0 Å². The summed E-state index contributed by atoms with van der Waals surface area (Å²) in [6, 6.07) is 21.4. The van der Waals surface area contributed by atoms with E-state index in [0.717, 1.165) is 16.9 Å². The molecular formula is C22H18O4. The van der Waals surface area contributed by atoms with E-state index < -0.39 is 5.97 Å². The van der Waals surface area contributed by atoms with Crippen molar-refractivity contribution in [3.8, 4) is 22.6 Å². The molecule has 0 atom stereocenters. The van der Waals surface area contributed by atoms with Crippen LogP contribution in [0.5, 0.6) is 11.5 Å². The molecule has 0 radical (unpaired) electrons. The van der Waals surface area contributed by atoms with Crippen LogP contribution in [0.15, 0.2) is 72.8 Å². The van der Waals surface area contributed by atoms with E-state index in [0.29, 0.717) is 16.9 Å². The van der Waals surface area contributed by atoms with Crippen molar-refractivity contribution in [2.24, 2.45) is 0 Å². The minimum absolute atomic E-state index is 0.0426. The summed E-state index contributed by atoms with van der Waals surface area (Å²) in [6.07, 6.45) is 0. The molecule has 26 heavy (non-hydrogen) atoms. The van der Waals surface area contributed by atoms with Gasteiger partial charge in [-0.3, -0.25) is 4.79 Å². The van der Waals surface area contributed by atoms with Gasteiger partial charge in [0.05, 0.1) is 12.7 Å². The predicted octanol–water partition coefficient (Wildman–Crippen LogP) is 4.78. The molecular weight excluding hydrogens is 328 g/mol. The van der Waals surface area contributed by atoms with Gasteiger partial charge in [-0.05, 0) is 54.4 Å². The number of Topliss-reactive ketones (excluding diaryl/α,β-unsaturated/α-hetero) is 1. The summed E-state index contributed by atoms with van der Waals surface area (Å²) in [5.74, 6) is 0.759. The monoisotopic (exact) mass is 346 g/mol. The Labute approximate surface area is 152 Å². The zero-order valence-corrected chi connectivity index (χ0v) is 14.6. The summed E-state index contributed by atoms with van der Waals surface area (Å²) < 4.78 is 10.5. The lowest BCUT2D eigenvalue weighted by Gasteiger charge is -2.07. The van der Waals surface area contributed by atoms with Gasteiger partial charge in [0.1, 0.15) is 11.5 Å². The number of benzene rings is 3. The number of carbonyl (C=O) groups excluding carboxylic acids is 2. The lowest BCUT2D eigenvalue weighted by Crippen LogP contribution is -2.08. The second-order valence-corrected chi connectivity index (χ2v) is 5.78. The van der Waals surface area contributed by atoms with Gasteiger partial charge in [-0.15, -0.1) is 0 Å². The van der Waals surface area contributed by atoms with Crippen LogP contribution in [0, 0.1) is 0 Å². The quantitative estimate of drug-likeness (QED) is 0.379. The molecule has 0 spiro atoms. The molecule has 0 unspecified atom stereocenters. The molecule has 0 saturated heterocycles. The van der Waals surface area contributed by atoms with Crippen LogP contribution in [0.1, 0.15) is 27.6 Å². The van der Waals surface area contributed by atoms with Crippen molar-refractivity contribution in [3.63, 3.8) is 0 Å². The Morgan fingerprint density at radius 3 is 1.58 bits per heavy atom. The SMILES string of the molecule is COc1ccc(-c2ccc(OC(=O)c3ccc(C(C)=O)cc3)cc2)cc1. The molecule has 0 amide bonds. The molecule has 3 aromatic rings. The third kappa shape index (κ3) is 3.98. The van der Waals surface area contributed by atoms with Crippen LogP contribution in [0.2, 0.25) is 0 Å². The number of ether oxygens (including phenoxy) is 2. The molecule has 4 nitrogen and oxygen atoms in total. The number of hydrogen-bond acceptors (Lipinski definition) is 4. The largest absolute Gasteiger partial charge is 0.497 e. The van der Waals surface area contributed by atoms with Gasteiger partial charge in [-0.1, -0.05) is 36.4 Å². The number of esters is 1. The molecule has 0 N–H and O–H groups in total. The van der Waals surface area contributed by atoms with E-state index in [4.69, 9.17) is 9.47 Å². The van der Waals surface area contributed by atoms with Crippen LogP contribution in [0.25, 0.3) is 11.1 Å². The Balaban J connectivity index is 1.70. The van der Waals surface area contributed by atoms with E-state index in [1.165, 1.54) is 6.92 Å². The van der Waals surface area contributed by atoms with Crippen LogP contribution in [-0.2, 0) is 0 Å². The van der Waals surface area contributed by atoms with Gasteiger partial charge < -0.3 is 9.47 Å². The van der Waals surface area contributed by atoms with E-state index in [2.05, 4.69) is 0 Å². The molecule has 0 fully saturated rings. The molecule has 0 aliphatic heterocycles. The van der Waals surface area contributed by atoms with Crippen molar-refractivity contribution < 1.29 is 19.1 Å². The van der Waals surface area contributed by atoms with Crippen molar-refractivity contribution >= 4 is 11.8 Å². The average Bonchev–Trinajstić information content (AvgIpc) is 2.68. The molecule has 3 aromatic carbocycles. The minimum Gasteiger partial charge on any atom is -0.497 e. The average molecular weight is 346 g/mol. The predicted molar refractivity (Wildman–Crippen MR) is 99.8 cm³/mol. The molecule has 0 bridgehead atoms. The highest BCUT2D eigenvalue weighted by molar-refractivity contribution is 5.96. The van der Waals surface area contributed by atoms with Crippen LogP contribution < -0.4 is 9.47 Å². The highest BCUT2D eigenvalue weighted by Crippen LogP contribution is 2.25. The number of methoxy groups -OCH3 is 1. The summed E-state index contributed by atoms with van der Waals surface area (Å²) in [6.45, 7) is 1.48. The van der Waals surface area contributed by atoms with Crippen LogP contribution >= 0.6 is 0 Å². The number of ketones is 1.